The summed E-state index contributed by atoms with van der Waals surface area (Å²) in [6, 6.07) is 21.7. The largest absolute Gasteiger partial charge is 0.497 e. The monoisotopic (exact) mass is 539 g/mol. The third-order valence-electron chi connectivity index (χ3n) is 5.14. The molecule has 0 aromatic heterocycles. The van der Waals surface area contributed by atoms with E-state index in [2.05, 4.69) is 47.1 Å². The molecule has 1 amide bonds. The van der Waals surface area contributed by atoms with E-state index in [4.69, 9.17) is 21.7 Å². The van der Waals surface area contributed by atoms with E-state index >= 15 is 0 Å². The number of halogens is 1. The normalized spacial score (nSPS) is 14.8. The minimum absolute atomic E-state index is 0.0864. The Hall–Kier alpha value is -2.61. The lowest BCUT2D eigenvalue weighted by Gasteiger charge is -2.14. The molecule has 0 bridgehead atoms. The van der Waals surface area contributed by atoms with Gasteiger partial charge in [-0.2, -0.15) is 0 Å². The van der Waals surface area contributed by atoms with Crippen molar-refractivity contribution in [3.05, 3.63) is 98.4 Å². The number of benzene rings is 3. The molecule has 0 unspecified atom stereocenters. The average molecular weight is 541 g/mol. The summed E-state index contributed by atoms with van der Waals surface area (Å²) in [6.45, 7) is 2.98. The van der Waals surface area contributed by atoms with Gasteiger partial charge in [0, 0.05) is 0 Å². The maximum atomic E-state index is 13.0. The van der Waals surface area contributed by atoms with Crippen LogP contribution in [0.1, 0.15) is 22.3 Å². The zero-order chi connectivity index (χ0) is 23.4. The summed E-state index contributed by atoms with van der Waals surface area (Å²) < 4.78 is 12.5. The van der Waals surface area contributed by atoms with Gasteiger partial charge in [0.25, 0.3) is 5.91 Å². The summed E-state index contributed by atoms with van der Waals surface area (Å²) in [6.07, 6.45) is 1.86. The average Bonchev–Trinajstić information content (AvgIpc) is 3.07. The Kier molecular flexibility index (Phi) is 7.53. The maximum absolute atomic E-state index is 13.0. The molecule has 4 nitrogen and oxygen atoms in total. The molecular formula is C26H22BrNO3S2. The van der Waals surface area contributed by atoms with E-state index in [-0.39, 0.29) is 5.91 Å². The molecule has 4 rings (SSSR count). The minimum atomic E-state index is -0.0864. The number of thiocarbonyl (C=S) groups is 1. The summed E-state index contributed by atoms with van der Waals surface area (Å²) in [5, 5.41) is 0. The molecule has 1 aliphatic heterocycles. The summed E-state index contributed by atoms with van der Waals surface area (Å²) >= 11 is 10.4. The van der Waals surface area contributed by atoms with Crippen molar-refractivity contribution in [3.63, 3.8) is 0 Å². The standard InChI is InChI=1S/C26H22BrNO3S2/c1-17-3-5-19(6-4-17)16-31-23-12-9-20(13-22(23)27)14-24-25(29)28(26(32)33-24)15-18-7-10-21(30-2)11-8-18/h3-14H,15-16H2,1-2H3/b24-14+. The maximum Gasteiger partial charge on any atom is 0.266 e. The van der Waals surface area contributed by atoms with Crippen molar-refractivity contribution >= 4 is 56.2 Å². The predicted octanol–water partition coefficient (Wildman–Crippen LogP) is 6.75. The van der Waals surface area contributed by atoms with Crippen LogP contribution in [0.3, 0.4) is 0 Å². The number of hydrogen-bond donors (Lipinski definition) is 0. The number of amides is 1. The Morgan fingerprint density at radius 1 is 1.03 bits per heavy atom. The molecule has 0 atom stereocenters. The lowest BCUT2D eigenvalue weighted by atomic mass is 10.1. The van der Waals surface area contributed by atoms with E-state index < -0.39 is 0 Å². The number of aryl methyl sites for hydroxylation is 1. The highest BCUT2D eigenvalue weighted by atomic mass is 79.9. The predicted molar refractivity (Wildman–Crippen MR) is 141 cm³/mol. The molecule has 1 heterocycles. The van der Waals surface area contributed by atoms with Crippen LogP contribution in [0.25, 0.3) is 6.08 Å². The van der Waals surface area contributed by atoms with Crippen LogP contribution >= 0.6 is 39.9 Å². The van der Waals surface area contributed by atoms with E-state index in [0.29, 0.717) is 22.4 Å². The van der Waals surface area contributed by atoms with Gasteiger partial charge in [-0.05, 0) is 69.9 Å². The molecule has 0 aliphatic carbocycles. The molecule has 0 radical (unpaired) electrons. The Morgan fingerprint density at radius 3 is 2.39 bits per heavy atom. The number of rotatable bonds is 7. The summed E-state index contributed by atoms with van der Waals surface area (Å²) in [5.41, 5.74) is 4.22. The first-order valence-corrected chi connectivity index (χ1v) is 12.3. The quantitative estimate of drug-likeness (QED) is 0.245. The number of carbonyl (C=O) groups excluding carboxylic acids is 1. The van der Waals surface area contributed by atoms with E-state index in [1.54, 1.807) is 12.0 Å². The molecule has 0 saturated carbocycles. The van der Waals surface area contributed by atoms with Crippen molar-refractivity contribution in [1.82, 2.24) is 4.90 Å². The van der Waals surface area contributed by atoms with Gasteiger partial charge in [-0.15, -0.1) is 0 Å². The molecule has 1 aliphatic rings. The second kappa shape index (κ2) is 10.5. The van der Waals surface area contributed by atoms with Crippen LogP contribution in [0.2, 0.25) is 0 Å². The molecule has 0 spiro atoms. The van der Waals surface area contributed by atoms with Crippen molar-refractivity contribution in [2.24, 2.45) is 0 Å². The van der Waals surface area contributed by atoms with Crippen LogP contribution < -0.4 is 9.47 Å². The fourth-order valence-electron chi connectivity index (χ4n) is 3.27. The first kappa shape index (κ1) is 23.5. The Morgan fingerprint density at radius 2 is 1.73 bits per heavy atom. The molecule has 1 saturated heterocycles. The third kappa shape index (κ3) is 5.85. The smallest absolute Gasteiger partial charge is 0.266 e. The van der Waals surface area contributed by atoms with Gasteiger partial charge in [0.1, 0.15) is 22.4 Å². The molecule has 0 N–H and O–H groups in total. The zero-order valence-corrected chi connectivity index (χ0v) is 21.4. The number of carbonyl (C=O) groups is 1. The van der Waals surface area contributed by atoms with Gasteiger partial charge in [0.15, 0.2) is 0 Å². The number of nitrogens with zero attached hydrogens (tertiary/aromatic N) is 1. The van der Waals surface area contributed by atoms with Crippen LogP contribution in [0.4, 0.5) is 0 Å². The zero-order valence-electron chi connectivity index (χ0n) is 18.2. The lowest BCUT2D eigenvalue weighted by Crippen LogP contribution is -2.27. The molecule has 168 valence electrons. The van der Waals surface area contributed by atoms with Gasteiger partial charge < -0.3 is 9.47 Å². The van der Waals surface area contributed by atoms with Crippen LogP contribution in [0, 0.1) is 6.92 Å². The van der Waals surface area contributed by atoms with Crippen LogP contribution in [0.15, 0.2) is 76.1 Å². The van der Waals surface area contributed by atoms with Crippen LogP contribution in [0.5, 0.6) is 11.5 Å². The third-order valence-corrected chi connectivity index (χ3v) is 7.14. The summed E-state index contributed by atoms with van der Waals surface area (Å²) in [5.74, 6) is 1.44. The molecule has 3 aromatic carbocycles. The topological polar surface area (TPSA) is 38.8 Å². The SMILES string of the molecule is COc1ccc(CN2C(=O)/C(=C\c3ccc(OCc4ccc(C)cc4)c(Br)c3)SC2=S)cc1. The minimum Gasteiger partial charge on any atom is -0.497 e. The Labute approximate surface area is 211 Å². The second-order valence-electron chi connectivity index (χ2n) is 7.58. The highest BCUT2D eigenvalue weighted by molar-refractivity contribution is 9.10. The van der Waals surface area contributed by atoms with Gasteiger partial charge in [0.05, 0.1) is 23.0 Å². The van der Waals surface area contributed by atoms with Gasteiger partial charge >= 0.3 is 0 Å². The first-order valence-electron chi connectivity index (χ1n) is 10.3. The van der Waals surface area contributed by atoms with Gasteiger partial charge in [-0.1, -0.05) is 72.0 Å². The van der Waals surface area contributed by atoms with E-state index in [0.717, 1.165) is 32.7 Å². The number of ether oxygens (including phenoxy) is 2. The summed E-state index contributed by atoms with van der Waals surface area (Å²) in [4.78, 5) is 15.2. The van der Waals surface area contributed by atoms with Crippen LogP contribution in [-0.4, -0.2) is 22.2 Å². The highest BCUT2D eigenvalue weighted by Crippen LogP contribution is 2.35. The molecule has 3 aromatic rings. The first-order chi connectivity index (χ1) is 15.9. The molecule has 33 heavy (non-hydrogen) atoms. The molecule has 1 fully saturated rings. The van der Waals surface area contributed by atoms with Crippen molar-refractivity contribution in [1.29, 1.82) is 0 Å². The van der Waals surface area contributed by atoms with Crippen molar-refractivity contribution in [2.75, 3.05) is 7.11 Å². The van der Waals surface area contributed by atoms with Gasteiger partial charge in [-0.3, -0.25) is 9.69 Å². The van der Waals surface area contributed by atoms with Crippen molar-refractivity contribution in [3.8, 4) is 11.5 Å². The number of hydrogen-bond acceptors (Lipinski definition) is 5. The molecule has 7 heteroatoms. The van der Waals surface area contributed by atoms with E-state index in [1.807, 2.05) is 48.5 Å². The highest BCUT2D eigenvalue weighted by Gasteiger charge is 2.32. The molecular weight excluding hydrogens is 518 g/mol. The van der Waals surface area contributed by atoms with Crippen molar-refractivity contribution < 1.29 is 14.3 Å². The Balaban J connectivity index is 1.43. The fourth-order valence-corrected chi connectivity index (χ4v) is 5.04. The summed E-state index contributed by atoms with van der Waals surface area (Å²) in [7, 11) is 1.63. The van der Waals surface area contributed by atoms with Gasteiger partial charge in [0.2, 0.25) is 0 Å². The second-order valence-corrected chi connectivity index (χ2v) is 10.1. The lowest BCUT2D eigenvalue weighted by molar-refractivity contribution is -0.122. The van der Waals surface area contributed by atoms with Crippen LogP contribution in [-0.2, 0) is 17.9 Å². The number of thioether (sulfide) groups is 1. The fraction of sp³-hybridized carbons (Fsp3) is 0.154. The van der Waals surface area contributed by atoms with Crippen molar-refractivity contribution in [2.45, 2.75) is 20.1 Å². The Bertz CT molecular complexity index is 1210. The van der Waals surface area contributed by atoms with E-state index in [9.17, 15) is 4.79 Å². The van der Waals surface area contributed by atoms with Gasteiger partial charge in [-0.25, -0.2) is 0 Å². The number of methoxy groups -OCH3 is 1. The van der Waals surface area contributed by atoms with E-state index in [1.165, 1.54) is 17.3 Å².